The van der Waals surface area contributed by atoms with Gasteiger partial charge in [0.25, 0.3) is 0 Å². The second kappa shape index (κ2) is 5.51. The molecule has 3 rings (SSSR count). The third-order valence-corrected chi connectivity index (χ3v) is 6.25. The highest BCUT2D eigenvalue weighted by Crippen LogP contribution is 2.61. The molecule has 20 heavy (non-hydrogen) atoms. The molecule has 2 aliphatic carbocycles. The molecule has 1 aromatic carbocycles. The third kappa shape index (κ3) is 2.49. The summed E-state index contributed by atoms with van der Waals surface area (Å²) in [5.41, 5.74) is 8.12. The van der Waals surface area contributed by atoms with Gasteiger partial charge in [0.2, 0.25) is 0 Å². The van der Waals surface area contributed by atoms with Gasteiger partial charge < -0.3 is 5.73 Å². The standard InChI is InChI=1S/C17H23Cl2N/c18-14-6-5-13(9-15(14)19)17(12-20)10-16(11-17)7-3-1-2-4-8-16/h5-6,9H,1-4,7-8,10-12,20H2. The number of nitrogens with two attached hydrogens (primary N) is 1. The van der Waals surface area contributed by atoms with Crippen LogP contribution in [0.5, 0.6) is 0 Å². The molecule has 2 fully saturated rings. The summed E-state index contributed by atoms with van der Waals surface area (Å²) in [6.07, 6.45) is 10.8. The Morgan fingerprint density at radius 2 is 1.60 bits per heavy atom. The fourth-order valence-electron chi connectivity index (χ4n) is 4.51. The SMILES string of the molecule is NCC1(c2ccc(Cl)c(Cl)c2)CC2(CCCCCC2)C1. The second-order valence-electron chi connectivity index (χ2n) is 6.88. The molecule has 2 aliphatic rings. The highest BCUT2D eigenvalue weighted by atomic mass is 35.5. The summed E-state index contributed by atoms with van der Waals surface area (Å²) in [5, 5.41) is 1.28. The first kappa shape index (κ1) is 14.7. The van der Waals surface area contributed by atoms with Gasteiger partial charge >= 0.3 is 0 Å². The Morgan fingerprint density at radius 1 is 0.950 bits per heavy atom. The Morgan fingerprint density at radius 3 is 2.15 bits per heavy atom. The Kier molecular flexibility index (Phi) is 4.05. The van der Waals surface area contributed by atoms with Crippen molar-refractivity contribution >= 4 is 23.2 Å². The first-order valence-electron chi connectivity index (χ1n) is 7.75. The normalized spacial score (nSPS) is 24.1. The fourth-order valence-corrected chi connectivity index (χ4v) is 4.81. The minimum absolute atomic E-state index is 0.137. The molecule has 0 unspecified atom stereocenters. The smallest absolute Gasteiger partial charge is 0.0595 e. The minimum atomic E-state index is 0.137. The Labute approximate surface area is 131 Å². The second-order valence-corrected chi connectivity index (χ2v) is 7.70. The summed E-state index contributed by atoms with van der Waals surface area (Å²) in [7, 11) is 0. The van der Waals surface area contributed by atoms with Crippen LogP contribution in [0.3, 0.4) is 0 Å². The van der Waals surface area contributed by atoms with Gasteiger partial charge in [-0.3, -0.25) is 0 Å². The van der Waals surface area contributed by atoms with Crippen LogP contribution in [-0.4, -0.2) is 6.54 Å². The molecule has 1 nitrogen and oxygen atoms in total. The van der Waals surface area contributed by atoms with Crippen LogP contribution in [0.4, 0.5) is 0 Å². The quantitative estimate of drug-likeness (QED) is 0.785. The zero-order chi connectivity index (χ0) is 14.2. The van der Waals surface area contributed by atoms with Crippen molar-refractivity contribution < 1.29 is 0 Å². The summed E-state index contributed by atoms with van der Waals surface area (Å²) in [5.74, 6) is 0. The lowest BCUT2D eigenvalue weighted by Crippen LogP contribution is -2.53. The van der Waals surface area contributed by atoms with Crippen molar-refractivity contribution in [3.63, 3.8) is 0 Å². The molecule has 0 aromatic heterocycles. The predicted molar refractivity (Wildman–Crippen MR) is 86.6 cm³/mol. The zero-order valence-electron chi connectivity index (χ0n) is 11.9. The maximum Gasteiger partial charge on any atom is 0.0595 e. The van der Waals surface area contributed by atoms with Crippen LogP contribution in [-0.2, 0) is 5.41 Å². The van der Waals surface area contributed by atoms with Crippen molar-refractivity contribution in [3.8, 4) is 0 Å². The van der Waals surface area contributed by atoms with E-state index in [0.29, 0.717) is 22.0 Å². The number of hydrogen-bond donors (Lipinski definition) is 1. The molecule has 2 N–H and O–H groups in total. The number of benzene rings is 1. The van der Waals surface area contributed by atoms with Crippen LogP contribution in [0, 0.1) is 5.41 Å². The molecule has 1 spiro atoms. The highest BCUT2D eigenvalue weighted by molar-refractivity contribution is 6.42. The lowest BCUT2D eigenvalue weighted by Gasteiger charge is -2.57. The lowest BCUT2D eigenvalue weighted by atomic mass is 9.48. The zero-order valence-corrected chi connectivity index (χ0v) is 13.4. The van der Waals surface area contributed by atoms with Gasteiger partial charge in [0.15, 0.2) is 0 Å². The van der Waals surface area contributed by atoms with E-state index < -0.39 is 0 Å². The average Bonchev–Trinajstić information content (AvgIpc) is 2.65. The Balaban J connectivity index is 1.82. The van der Waals surface area contributed by atoms with Crippen LogP contribution >= 0.6 is 23.2 Å². The van der Waals surface area contributed by atoms with E-state index in [2.05, 4.69) is 6.07 Å². The van der Waals surface area contributed by atoms with E-state index in [-0.39, 0.29) is 5.41 Å². The van der Waals surface area contributed by atoms with Gasteiger partial charge in [0.1, 0.15) is 0 Å². The van der Waals surface area contributed by atoms with Crippen LogP contribution in [0.1, 0.15) is 56.9 Å². The van der Waals surface area contributed by atoms with Crippen LogP contribution in [0.15, 0.2) is 18.2 Å². The van der Waals surface area contributed by atoms with E-state index in [0.717, 1.165) is 0 Å². The molecule has 0 saturated heterocycles. The first-order valence-corrected chi connectivity index (χ1v) is 8.51. The maximum absolute atomic E-state index is 6.19. The summed E-state index contributed by atoms with van der Waals surface area (Å²) in [6, 6.07) is 6.06. The summed E-state index contributed by atoms with van der Waals surface area (Å²) >= 11 is 12.2. The fraction of sp³-hybridized carbons (Fsp3) is 0.647. The molecular weight excluding hydrogens is 289 g/mol. The lowest BCUT2D eigenvalue weighted by molar-refractivity contribution is 0.0113. The van der Waals surface area contributed by atoms with Crippen LogP contribution in [0.2, 0.25) is 10.0 Å². The molecule has 0 radical (unpaired) electrons. The molecule has 110 valence electrons. The van der Waals surface area contributed by atoms with Crippen molar-refractivity contribution in [2.24, 2.45) is 11.1 Å². The molecule has 2 saturated carbocycles. The molecule has 1 aromatic rings. The van der Waals surface area contributed by atoms with Crippen LogP contribution in [0.25, 0.3) is 0 Å². The molecule has 0 aliphatic heterocycles. The molecule has 3 heteroatoms. The summed E-state index contributed by atoms with van der Waals surface area (Å²) in [4.78, 5) is 0. The van der Waals surface area contributed by atoms with E-state index in [4.69, 9.17) is 28.9 Å². The largest absolute Gasteiger partial charge is 0.330 e. The predicted octanol–water partition coefficient (Wildman–Crippen LogP) is 5.32. The van der Waals surface area contributed by atoms with Crippen molar-refractivity contribution in [3.05, 3.63) is 33.8 Å². The number of rotatable bonds is 2. The van der Waals surface area contributed by atoms with Gasteiger partial charge in [-0.1, -0.05) is 55.0 Å². The number of halogens is 2. The van der Waals surface area contributed by atoms with Crippen molar-refractivity contribution in [2.75, 3.05) is 6.54 Å². The Bertz CT molecular complexity index is 482. The molecule has 0 heterocycles. The van der Waals surface area contributed by atoms with Gasteiger partial charge in [-0.2, -0.15) is 0 Å². The Hall–Kier alpha value is -0.240. The van der Waals surface area contributed by atoms with E-state index >= 15 is 0 Å². The van der Waals surface area contributed by atoms with Gasteiger partial charge in [-0.25, -0.2) is 0 Å². The molecule has 0 atom stereocenters. The van der Waals surface area contributed by atoms with E-state index in [1.807, 2.05) is 12.1 Å². The van der Waals surface area contributed by atoms with Crippen molar-refractivity contribution in [1.82, 2.24) is 0 Å². The van der Waals surface area contributed by atoms with E-state index in [1.54, 1.807) is 0 Å². The summed E-state index contributed by atoms with van der Waals surface area (Å²) in [6.45, 7) is 0.715. The van der Waals surface area contributed by atoms with E-state index in [1.165, 1.54) is 56.9 Å². The van der Waals surface area contributed by atoms with Gasteiger partial charge in [-0.05, 0) is 48.8 Å². The topological polar surface area (TPSA) is 26.0 Å². The maximum atomic E-state index is 6.19. The average molecular weight is 312 g/mol. The monoisotopic (exact) mass is 311 g/mol. The molecule has 0 amide bonds. The number of hydrogen-bond acceptors (Lipinski definition) is 1. The molecular formula is C17H23Cl2N. The van der Waals surface area contributed by atoms with Gasteiger partial charge in [-0.15, -0.1) is 0 Å². The summed E-state index contributed by atoms with van der Waals surface area (Å²) < 4.78 is 0. The van der Waals surface area contributed by atoms with Crippen molar-refractivity contribution in [2.45, 2.75) is 56.8 Å². The third-order valence-electron chi connectivity index (χ3n) is 5.51. The molecule has 0 bridgehead atoms. The minimum Gasteiger partial charge on any atom is -0.330 e. The first-order chi connectivity index (χ1) is 9.59. The van der Waals surface area contributed by atoms with Crippen molar-refractivity contribution in [1.29, 1.82) is 0 Å². The van der Waals surface area contributed by atoms with Gasteiger partial charge in [0.05, 0.1) is 10.0 Å². The van der Waals surface area contributed by atoms with Gasteiger partial charge in [0, 0.05) is 12.0 Å². The van der Waals surface area contributed by atoms with Crippen LogP contribution < -0.4 is 5.73 Å². The van der Waals surface area contributed by atoms with E-state index in [9.17, 15) is 0 Å². The highest BCUT2D eigenvalue weighted by Gasteiger charge is 2.53.